The predicted molar refractivity (Wildman–Crippen MR) is 60.8 cm³/mol. The standard InChI is InChI=1S/C13H17N/c1-4-10(2)12-9-11(3)14-8-6-5-7-13(12)14/h5-10H,4H2,1-3H3. The van der Waals surface area contributed by atoms with E-state index in [0.717, 1.165) is 0 Å². The van der Waals surface area contributed by atoms with E-state index in [1.807, 2.05) is 0 Å². The van der Waals surface area contributed by atoms with Crippen LogP contribution in [0.5, 0.6) is 0 Å². The number of hydrogen-bond donors (Lipinski definition) is 0. The zero-order chi connectivity index (χ0) is 10.1. The molecule has 0 spiro atoms. The van der Waals surface area contributed by atoms with Gasteiger partial charge in [0.25, 0.3) is 0 Å². The summed E-state index contributed by atoms with van der Waals surface area (Å²) >= 11 is 0. The van der Waals surface area contributed by atoms with Crippen LogP contribution in [0.3, 0.4) is 0 Å². The van der Waals surface area contributed by atoms with Crippen molar-refractivity contribution in [1.82, 2.24) is 4.40 Å². The summed E-state index contributed by atoms with van der Waals surface area (Å²) in [5.41, 5.74) is 4.17. The van der Waals surface area contributed by atoms with Crippen molar-refractivity contribution in [3.05, 3.63) is 41.7 Å². The molecule has 1 atom stereocenters. The molecule has 0 aromatic carbocycles. The summed E-state index contributed by atoms with van der Waals surface area (Å²) in [5, 5.41) is 0. The van der Waals surface area contributed by atoms with Gasteiger partial charge in [0.1, 0.15) is 0 Å². The van der Waals surface area contributed by atoms with Crippen LogP contribution in [0, 0.1) is 6.92 Å². The Morgan fingerprint density at radius 2 is 2.14 bits per heavy atom. The third kappa shape index (κ3) is 1.33. The predicted octanol–water partition coefficient (Wildman–Crippen LogP) is 3.76. The first-order valence-corrected chi connectivity index (χ1v) is 5.30. The Kier molecular flexibility index (Phi) is 2.32. The second kappa shape index (κ2) is 3.49. The number of fused-ring (bicyclic) bond motifs is 1. The molecule has 1 nitrogen and oxygen atoms in total. The average molecular weight is 187 g/mol. The van der Waals surface area contributed by atoms with Gasteiger partial charge in [-0.05, 0) is 43.0 Å². The molecule has 0 fully saturated rings. The molecule has 2 heterocycles. The van der Waals surface area contributed by atoms with E-state index in [-0.39, 0.29) is 0 Å². The Morgan fingerprint density at radius 1 is 1.36 bits per heavy atom. The van der Waals surface area contributed by atoms with E-state index in [2.05, 4.69) is 55.6 Å². The van der Waals surface area contributed by atoms with Crippen LogP contribution in [0.25, 0.3) is 5.52 Å². The SMILES string of the molecule is CCC(C)c1cc(C)n2ccccc12. The number of rotatable bonds is 2. The zero-order valence-electron chi connectivity index (χ0n) is 9.12. The Balaban J connectivity index is 2.66. The van der Waals surface area contributed by atoms with Gasteiger partial charge in [-0.15, -0.1) is 0 Å². The highest BCUT2D eigenvalue weighted by Crippen LogP contribution is 2.26. The summed E-state index contributed by atoms with van der Waals surface area (Å²) in [5.74, 6) is 0.654. The maximum Gasteiger partial charge on any atom is 0.0487 e. The van der Waals surface area contributed by atoms with Crippen molar-refractivity contribution >= 4 is 5.52 Å². The lowest BCUT2D eigenvalue weighted by Gasteiger charge is -2.06. The first kappa shape index (κ1) is 9.32. The van der Waals surface area contributed by atoms with Crippen molar-refractivity contribution < 1.29 is 0 Å². The monoisotopic (exact) mass is 187 g/mol. The van der Waals surface area contributed by atoms with Gasteiger partial charge in [-0.2, -0.15) is 0 Å². The summed E-state index contributed by atoms with van der Waals surface area (Å²) in [4.78, 5) is 0. The largest absolute Gasteiger partial charge is 0.321 e. The second-order valence-corrected chi connectivity index (χ2v) is 4.01. The molecular weight excluding hydrogens is 170 g/mol. The fourth-order valence-corrected chi connectivity index (χ4v) is 1.97. The van der Waals surface area contributed by atoms with Crippen LogP contribution in [0.2, 0.25) is 0 Å². The molecule has 2 rings (SSSR count). The van der Waals surface area contributed by atoms with Gasteiger partial charge in [0, 0.05) is 17.4 Å². The first-order chi connectivity index (χ1) is 6.74. The quantitative estimate of drug-likeness (QED) is 0.674. The Morgan fingerprint density at radius 3 is 2.86 bits per heavy atom. The van der Waals surface area contributed by atoms with Gasteiger partial charge >= 0.3 is 0 Å². The van der Waals surface area contributed by atoms with E-state index >= 15 is 0 Å². The number of aryl methyl sites for hydroxylation is 1. The van der Waals surface area contributed by atoms with Crippen molar-refractivity contribution in [2.75, 3.05) is 0 Å². The second-order valence-electron chi connectivity index (χ2n) is 4.01. The van der Waals surface area contributed by atoms with Crippen LogP contribution in [0.15, 0.2) is 30.5 Å². The summed E-state index contributed by atoms with van der Waals surface area (Å²) in [7, 11) is 0. The number of pyridine rings is 1. The minimum Gasteiger partial charge on any atom is -0.321 e. The van der Waals surface area contributed by atoms with Gasteiger partial charge < -0.3 is 4.40 Å². The molecule has 0 amide bonds. The summed E-state index contributed by atoms with van der Waals surface area (Å²) in [6.07, 6.45) is 3.34. The van der Waals surface area contributed by atoms with Gasteiger partial charge in [0.05, 0.1) is 0 Å². The van der Waals surface area contributed by atoms with Crippen LogP contribution < -0.4 is 0 Å². The molecule has 0 radical (unpaired) electrons. The minimum atomic E-state index is 0.654. The van der Waals surface area contributed by atoms with Gasteiger partial charge in [-0.3, -0.25) is 0 Å². The van der Waals surface area contributed by atoms with Crippen LogP contribution in [-0.2, 0) is 0 Å². The zero-order valence-corrected chi connectivity index (χ0v) is 9.12. The smallest absolute Gasteiger partial charge is 0.0487 e. The molecule has 0 bridgehead atoms. The normalized spacial score (nSPS) is 13.4. The van der Waals surface area contributed by atoms with E-state index in [0.29, 0.717) is 5.92 Å². The van der Waals surface area contributed by atoms with E-state index in [1.54, 1.807) is 0 Å². The summed E-state index contributed by atoms with van der Waals surface area (Å²) in [6.45, 7) is 6.70. The van der Waals surface area contributed by atoms with Crippen molar-refractivity contribution in [2.24, 2.45) is 0 Å². The summed E-state index contributed by atoms with van der Waals surface area (Å²) in [6, 6.07) is 8.71. The minimum absolute atomic E-state index is 0.654. The van der Waals surface area contributed by atoms with Gasteiger partial charge in [0.15, 0.2) is 0 Å². The number of nitrogens with zero attached hydrogens (tertiary/aromatic N) is 1. The molecule has 1 unspecified atom stereocenters. The molecule has 74 valence electrons. The Bertz CT molecular complexity index is 439. The van der Waals surface area contributed by atoms with Crippen molar-refractivity contribution in [1.29, 1.82) is 0 Å². The molecular formula is C13H17N. The van der Waals surface area contributed by atoms with Crippen LogP contribution in [-0.4, -0.2) is 4.40 Å². The molecule has 0 aliphatic rings. The molecule has 0 saturated heterocycles. The Hall–Kier alpha value is -1.24. The Labute approximate surface area is 85.4 Å². The highest BCUT2D eigenvalue weighted by Gasteiger charge is 2.10. The van der Waals surface area contributed by atoms with Gasteiger partial charge in [0.2, 0.25) is 0 Å². The van der Waals surface area contributed by atoms with Crippen LogP contribution >= 0.6 is 0 Å². The van der Waals surface area contributed by atoms with Crippen LogP contribution in [0.4, 0.5) is 0 Å². The van der Waals surface area contributed by atoms with Gasteiger partial charge in [-0.1, -0.05) is 19.9 Å². The lowest BCUT2D eigenvalue weighted by Crippen LogP contribution is -1.90. The topological polar surface area (TPSA) is 4.41 Å². The molecule has 0 aliphatic carbocycles. The lowest BCUT2D eigenvalue weighted by molar-refractivity contribution is 0.740. The van der Waals surface area contributed by atoms with Crippen molar-refractivity contribution in [2.45, 2.75) is 33.1 Å². The molecule has 2 aromatic heterocycles. The van der Waals surface area contributed by atoms with E-state index in [9.17, 15) is 0 Å². The molecule has 0 saturated carbocycles. The molecule has 1 heteroatoms. The molecule has 0 aliphatic heterocycles. The molecule has 2 aromatic rings. The summed E-state index contributed by atoms with van der Waals surface area (Å²) < 4.78 is 2.27. The lowest BCUT2D eigenvalue weighted by atomic mass is 10.00. The maximum atomic E-state index is 2.31. The fourth-order valence-electron chi connectivity index (χ4n) is 1.97. The third-order valence-corrected chi connectivity index (χ3v) is 3.04. The van der Waals surface area contributed by atoms with Crippen LogP contribution in [0.1, 0.15) is 37.4 Å². The van der Waals surface area contributed by atoms with E-state index < -0.39 is 0 Å². The van der Waals surface area contributed by atoms with Gasteiger partial charge in [-0.25, -0.2) is 0 Å². The van der Waals surface area contributed by atoms with E-state index in [4.69, 9.17) is 0 Å². The highest BCUT2D eigenvalue weighted by atomic mass is 14.9. The first-order valence-electron chi connectivity index (χ1n) is 5.30. The highest BCUT2D eigenvalue weighted by molar-refractivity contribution is 5.58. The maximum absolute atomic E-state index is 2.31. The molecule has 14 heavy (non-hydrogen) atoms. The number of aromatic nitrogens is 1. The fraction of sp³-hybridized carbons (Fsp3) is 0.385. The third-order valence-electron chi connectivity index (χ3n) is 3.04. The molecule has 0 N–H and O–H groups in total. The number of hydrogen-bond acceptors (Lipinski definition) is 0. The van der Waals surface area contributed by atoms with E-state index in [1.165, 1.54) is 23.2 Å². The van der Waals surface area contributed by atoms with Crippen molar-refractivity contribution in [3.63, 3.8) is 0 Å². The average Bonchev–Trinajstić information content (AvgIpc) is 2.56. The van der Waals surface area contributed by atoms with Crippen molar-refractivity contribution in [3.8, 4) is 0 Å².